The molecule has 0 saturated heterocycles. The molecule has 0 aliphatic heterocycles. The van der Waals surface area contributed by atoms with Crippen molar-refractivity contribution in [3.8, 4) is 45.2 Å². The molecule has 0 bridgehead atoms. The Bertz CT molecular complexity index is 1800. The van der Waals surface area contributed by atoms with Gasteiger partial charge in [0.2, 0.25) is 0 Å². The molecule has 5 aromatic carbocycles. The summed E-state index contributed by atoms with van der Waals surface area (Å²) in [7, 11) is 0. The Labute approximate surface area is 266 Å². The molecule has 0 atom stereocenters. The molecule has 0 aliphatic rings. The lowest BCUT2D eigenvalue weighted by atomic mass is 9.95. The molecule has 0 amide bonds. The third-order valence-electron chi connectivity index (χ3n) is 8.31. The standard InChI is InChI=1S/C42H39F3/c1-4-7-8-10-36-26-42(45)39(28-40(36)43)35-18-13-30(14-19-35)15-24-38-31(6-3)25-37(27-41(38)44)34-22-20-33(21-23-34)32-16-11-29(9-5-2)12-17-32/h11-14,16-23,25-28H,4-10H2,1-3H3. The van der Waals surface area contributed by atoms with Gasteiger partial charge in [-0.25, -0.2) is 13.2 Å². The van der Waals surface area contributed by atoms with Gasteiger partial charge in [0.15, 0.2) is 0 Å². The average Bonchev–Trinajstić information content (AvgIpc) is 3.06. The summed E-state index contributed by atoms with van der Waals surface area (Å²) >= 11 is 0. The third-order valence-corrected chi connectivity index (χ3v) is 8.31. The van der Waals surface area contributed by atoms with Gasteiger partial charge in [-0.3, -0.25) is 0 Å². The third kappa shape index (κ3) is 7.76. The summed E-state index contributed by atoms with van der Waals surface area (Å²) < 4.78 is 45.0. The molecule has 228 valence electrons. The minimum Gasteiger partial charge on any atom is -0.207 e. The van der Waals surface area contributed by atoms with Gasteiger partial charge < -0.3 is 0 Å². The second-order valence-electron chi connectivity index (χ2n) is 11.6. The molecule has 0 nitrogen and oxygen atoms in total. The van der Waals surface area contributed by atoms with Crippen LogP contribution in [-0.2, 0) is 19.3 Å². The minimum absolute atomic E-state index is 0.221. The summed E-state index contributed by atoms with van der Waals surface area (Å²) in [5.41, 5.74) is 8.47. The van der Waals surface area contributed by atoms with Gasteiger partial charge in [-0.2, -0.15) is 0 Å². The number of halogens is 3. The monoisotopic (exact) mass is 600 g/mol. The molecule has 0 unspecified atom stereocenters. The van der Waals surface area contributed by atoms with Crippen LogP contribution in [0.25, 0.3) is 33.4 Å². The van der Waals surface area contributed by atoms with E-state index in [-0.39, 0.29) is 17.2 Å². The van der Waals surface area contributed by atoms with Gasteiger partial charge in [-0.1, -0.05) is 113 Å². The van der Waals surface area contributed by atoms with Crippen LogP contribution in [0.2, 0.25) is 0 Å². The van der Waals surface area contributed by atoms with E-state index in [4.69, 9.17) is 0 Å². The first kappa shape index (κ1) is 31.9. The number of aryl methyl sites for hydroxylation is 3. The van der Waals surface area contributed by atoms with Crippen molar-refractivity contribution in [3.05, 3.63) is 142 Å². The van der Waals surface area contributed by atoms with Gasteiger partial charge in [0.1, 0.15) is 17.5 Å². The van der Waals surface area contributed by atoms with E-state index in [0.717, 1.165) is 59.9 Å². The van der Waals surface area contributed by atoms with Gasteiger partial charge in [0, 0.05) is 11.1 Å². The fraction of sp³-hybridized carbons (Fsp3) is 0.238. The summed E-state index contributed by atoms with van der Waals surface area (Å²) in [4.78, 5) is 0. The Hall–Kier alpha value is -4.55. The Morgan fingerprint density at radius 2 is 1.11 bits per heavy atom. The van der Waals surface area contributed by atoms with Crippen LogP contribution in [0.3, 0.4) is 0 Å². The van der Waals surface area contributed by atoms with E-state index >= 15 is 4.39 Å². The van der Waals surface area contributed by atoms with Crippen LogP contribution in [0.15, 0.2) is 97.1 Å². The molecule has 5 rings (SSSR count). The summed E-state index contributed by atoms with van der Waals surface area (Å²) in [6, 6.07) is 30.0. The maximum absolute atomic E-state index is 15.4. The van der Waals surface area contributed by atoms with Crippen molar-refractivity contribution in [2.45, 2.75) is 65.7 Å². The molecular formula is C42H39F3. The van der Waals surface area contributed by atoms with Crippen molar-refractivity contribution in [2.24, 2.45) is 0 Å². The summed E-state index contributed by atoms with van der Waals surface area (Å²) in [5, 5.41) is 0. The zero-order valence-corrected chi connectivity index (χ0v) is 26.3. The van der Waals surface area contributed by atoms with E-state index < -0.39 is 5.82 Å². The Morgan fingerprint density at radius 1 is 0.489 bits per heavy atom. The molecule has 0 aliphatic carbocycles. The molecule has 45 heavy (non-hydrogen) atoms. The fourth-order valence-electron chi connectivity index (χ4n) is 5.69. The van der Waals surface area contributed by atoms with Crippen molar-refractivity contribution in [1.82, 2.24) is 0 Å². The van der Waals surface area contributed by atoms with Crippen LogP contribution in [0.1, 0.15) is 74.3 Å². The van der Waals surface area contributed by atoms with E-state index in [1.54, 1.807) is 30.3 Å². The van der Waals surface area contributed by atoms with Gasteiger partial charge >= 0.3 is 0 Å². The first-order valence-electron chi connectivity index (χ1n) is 16.0. The number of hydrogen-bond acceptors (Lipinski definition) is 0. The van der Waals surface area contributed by atoms with Gasteiger partial charge in [-0.05, 0) is 107 Å². The Morgan fingerprint density at radius 3 is 1.73 bits per heavy atom. The highest BCUT2D eigenvalue weighted by atomic mass is 19.1. The Balaban J connectivity index is 1.33. The summed E-state index contributed by atoms with van der Waals surface area (Å²) in [6.07, 6.45) is 6.22. The van der Waals surface area contributed by atoms with E-state index in [1.165, 1.54) is 17.7 Å². The molecule has 5 aromatic rings. The predicted octanol–water partition coefficient (Wildman–Crippen LogP) is 11.8. The lowest BCUT2D eigenvalue weighted by molar-refractivity contribution is 0.579. The Kier molecular flexibility index (Phi) is 10.6. The van der Waals surface area contributed by atoms with E-state index in [1.807, 2.05) is 25.1 Å². The number of unbranched alkanes of at least 4 members (excludes halogenated alkanes) is 2. The molecule has 3 heteroatoms. The molecule has 0 aromatic heterocycles. The van der Waals surface area contributed by atoms with Crippen LogP contribution < -0.4 is 0 Å². The maximum atomic E-state index is 15.4. The zero-order chi connectivity index (χ0) is 31.8. The molecule has 0 radical (unpaired) electrons. The lowest BCUT2D eigenvalue weighted by Crippen LogP contribution is -1.96. The largest absolute Gasteiger partial charge is 0.207 e. The topological polar surface area (TPSA) is 0 Å². The summed E-state index contributed by atoms with van der Waals surface area (Å²) in [5.74, 6) is 4.90. The molecule has 0 N–H and O–H groups in total. The van der Waals surface area contributed by atoms with Crippen LogP contribution in [0, 0.1) is 29.3 Å². The molecular weight excluding hydrogens is 561 g/mol. The van der Waals surface area contributed by atoms with E-state index in [2.05, 4.69) is 62.1 Å². The first-order valence-corrected chi connectivity index (χ1v) is 16.0. The summed E-state index contributed by atoms with van der Waals surface area (Å²) in [6.45, 7) is 6.26. The SMILES string of the molecule is CCCCCc1cc(F)c(-c2ccc(C#Cc3c(F)cc(-c4ccc(-c5ccc(CCC)cc5)cc4)cc3CC)cc2)cc1F. The van der Waals surface area contributed by atoms with Gasteiger partial charge in [-0.15, -0.1) is 0 Å². The van der Waals surface area contributed by atoms with E-state index in [0.29, 0.717) is 35.1 Å². The van der Waals surface area contributed by atoms with Crippen molar-refractivity contribution in [3.63, 3.8) is 0 Å². The van der Waals surface area contributed by atoms with Crippen LogP contribution in [0.5, 0.6) is 0 Å². The highest BCUT2D eigenvalue weighted by Gasteiger charge is 2.13. The molecule has 0 saturated carbocycles. The van der Waals surface area contributed by atoms with Crippen LogP contribution in [0.4, 0.5) is 13.2 Å². The highest BCUT2D eigenvalue weighted by molar-refractivity contribution is 5.72. The number of hydrogen-bond donors (Lipinski definition) is 0. The van der Waals surface area contributed by atoms with Crippen molar-refractivity contribution >= 4 is 0 Å². The zero-order valence-electron chi connectivity index (χ0n) is 26.3. The molecule has 0 heterocycles. The normalized spacial score (nSPS) is 10.9. The number of rotatable bonds is 10. The maximum Gasteiger partial charge on any atom is 0.139 e. The average molecular weight is 601 g/mol. The van der Waals surface area contributed by atoms with Crippen molar-refractivity contribution in [2.75, 3.05) is 0 Å². The lowest BCUT2D eigenvalue weighted by Gasteiger charge is -2.10. The minimum atomic E-state index is -0.438. The number of benzene rings is 5. The predicted molar refractivity (Wildman–Crippen MR) is 182 cm³/mol. The smallest absolute Gasteiger partial charge is 0.139 e. The van der Waals surface area contributed by atoms with Crippen LogP contribution >= 0.6 is 0 Å². The quantitative estimate of drug-likeness (QED) is 0.110. The second kappa shape index (κ2) is 15.0. The molecule has 0 spiro atoms. The fourth-order valence-corrected chi connectivity index (χ4v) is 5.69. The van der Waals surface area contributed by atoms with Crippen molar-refractivity contribution in [1.29, 1.82) is 0 Å². The van der Waals surface area contributed by atoms with Gasteiger partial charge in [0.25, 0.3) is 0 Å². The highest BCUT2D eigenvalue weighted by Crippen LogP contribution is 2.30. The second-order valence-corrected chi connectivity index (χ2v) is 11.6. The van der Waals surface area contributed by atoms with Gasteiger partial charge in [0.05, 0.1) is 5.56 Å². The molecule has 0 fully saturated rings. The van der Waals surface area contributed by atoms with E-state index in [9.17, 15) is 8.78 Å². The first-order chi connectivity index (χ1) is 21.9. The van der Waals surface area contributed by atoms with Crippen LogP contribution in [-0.4, -0.2) is 0 Å². The van der Waals surface area contributed by atoms with Crippen molar-refractivity contribution < 1.29 is 13.2 Å².